The predicted molar refractivity (Wildman–Crippen MR) is 64.3 cm³/mol. The first-order chi connectivity index (χ1) is 7.84. The van der Waals surface area contributed by atoms with Crippen LogP contribution in [0.2, 0.25) is 5.02 Å². The third-order valence-corrected chi connectivity index (χ3v) is 2.73. The Hall–Kier alpha value is -1.87. The molecule has 78 valence electrons. The molecule has 0 aliphatic rings. The van der Waals surface area contributed by atoms with E-state index in [0.29, 0.717) is 5.02 Å². The van der Waals surface area contributed by atoms with Gasteiger partial charge in [-0.1, -0.05) is 17.7 Å². The molecule has 3 rings (SSSR count). The van der Waals surface area contributed by atoms with E-state index in [2.05, 4.69) is 15.2 Å². The highest BCUT2D eigenvalue weighted by atomic mass is 35.5. The van der Waals surface area contributed by atoms with Crippen molar-refractivity contribution in [2.75, 3.05) is 0 Å². The molecule has 0 aliphatic carbocycles. The largest absolute Gasteiger partial charge is 0.278 e. The van der Waals surface area contributed by atoms with Crippen LogP contribution < -0.4 is 0 Å². The van der Waals surface area contributed by atoms with Crippen LogP contribution in [0.25, 0.3) is 22.2 Å². The summed E-state index contributed by atoms with van der Waals surface area (Å²) in [6, 6.07) is 9.59. The summed E-state index contributed by atoms with van der Waals surface area (Å²) in [4.78, 5) is 4.29. The molecule has 0 bridgehead atoms. The zero-order valence-corrected chi connectivity index (χ0v) is 9.07. The minimum absolute atomic E-state index is 0.696. The summed E-state index contributed by atoms with van der Waals surface area (Å²) in [7, 11) is 0. The number of H-pyrrole nitrogens is 1. The van der Waals surface area contributed by atoms with Crippen LogP contribution in [-0.2, 0) is 0 Å². The predicted octanol–water partition coefficient (Wildman–Crippen LogP) is 3.28. The number of nitrogens with zero attached hydrogens (tertiary/aromatic N) is 2. The quantitative estimate of drug-likeness (QED) is 0.696. The summed E-state index contributed by atoms with van der Waals surface area (Å²) in [5.41, 5.74) is 2.95. The molecule has 1 aromatic carbocycles. The molecule has 0 amide bonds. The van der Waals surface area contributed by atoms with Gasteiger partial charge in [0.15, 0.2) is 0 Å². The number of hydrogen-bond donors (Lipinski definition) is 1. The van der Waals surface area contributed by atoms with Crippen LogP contribution in [-0.4, -0.2) is 15.2 Å². The van der Waals surface area contributed by atoms with Gasteiger partial charge in [0.05, 0.1) is 11.2 Å². The van der Waals surface area contributed by atoms with Crippen LogP contribution in [0, 0.1) is 0 Å². The van der Waals surface area contributed by atoms with Gasteiger partial charge in [-0.15, -0.1) is 0 Å². The molecule has 3 nitrogen and oxygen atoms in total. The first-order valence-corrected chi connectivity index (χ1v) is 5.26. The van der Waals surface area contributed by atoms with Gasteiger partial charge in [-0.25, -0.2) is 0 Å². The van der Waals surface area contributed by atoms with E-state index in [9.17, 15) is 0 Å². The molecule has 0 saturated carbocycles. The van der Waals surface area contributed by atoms with E-state index < -0.39 is 0 Å². The van der Waals surface area contributed by atoms with Crippen LogP contribution in [0.4, 0.5) is 0 Å². The molecular formula is C12H8ClN3. The van der Waals surface area contributed by atoms with Crippen LogP contribution in [0.3, 0.4) is 0 Å². The molecule has 0 fully saturated rings. The van der Waals surface area contributed by atoms with E-state index in [4.69, 9.17) is 11.6 Å². The van der Waals surface area contributed by atoms with E-state index in [1.54, 1.807) is 12.4 Å². The first-order valence-electron chi connectivity index (χ1n) is 4.88. The second-order valence-corrected chi connectivity index (χ2v) is 3.93. The maximum absolute atomic E-state index is 5.94. The number of rotatable bonds is 1. The molecule has 1 N–H and O–H groups in total. The Morgan fingerprint density at radius 1 is 1.06 bits per heavy atom. The van der Waals surface area contributed by atoms with Gasteiger partial charge in [0.1, 0.15) is 0 Å². The normalized spacial score (nSPS) is 10.8. The smallest absolute Gasteiger partial charge is 0.0723 e. The lowest BCUT2D eigenvalue weighted by Crippen LogP contribution is -1.84. The maximum Gasteiger partial charge on any atom is 0.0723 e. The molecule has 0 saturated heterocycles. The van der Waals surface area contributed by atoms with Gasteiger partial charge >= 0.3 is 0 Å². The molecule has 2 aromatic heterocycles. The average molecular weight is 230 g/mol. The zero-order chi connectivity index (χ0) is 11.0. The number of hydrogen-bond acceptors (Lipinski definition) is 2. The number of pyridine rings is 1. The summed E-state index contributed by atoms with van der Waals surface area (Å²) in [5.74, 6) is 0. The van der Waals surface area contributed by atoms with E-state index in [-0.39, 0.29) is 0 Å². The lowest BCUT2D eigenvalue weighted by molar-refractivity contribution is 1.10. The van der Waals surface area contributed by atoms with Crippen molar-refractivity contribution >= 4 is 22.5 Å². The Morgan fingerprint density at radius 3 is 2.81 bits per heavy atom. The SMILES string of the molecule is Clc1ccc2c(-c3ccn[nH]3)ccnc2c1. The van der Waals surface area contributed by atoms with Gasteiger partial charge in [0.25, 0.3) is 0 Å². The van der Waals surface area contributed by atoms with Gasteiger partial charge in [-0.2, -0.15) is 5.10 Å². The number of nitrogens with one attached hydrogen (secondary N) is 1. The first kappa shape index (κ1) is 9.36. The molecule has 2 heterocycles. The summed E-state index contributed by atoms with van der Waals surface area (Å²) in [5, 5.41) is 8.66. The summed E-state index contributed by atoms with van der Waals surface area (Å²) in [6.07, 6.45) is 3.51. The van der Waals surface area contributed by atoms with Crippen molar-refractivity contribution in [3.05, 3.63) is 47.7 Å². The van der Waals surface area contributed by atoms with Crippen LogP contribution in [0.15, 0.2) is 42.7 Å². The summed E-state index contributed by atoms with van der Waals surface area (Å²) in [6.45, 7) is 0. The van der Waals surface area contributed by atoms with Crippen molar-refractivity contribution in [1.29, 1.82) is 0 Å². The van der Waals surface area contributed by atoms with Crippen molar-refractivity contribution in [1.82, 2.24) is 15.2 Å². The lowest BCUT2D eigenvalue weighted by Gasteiger charge is -2.03. The Labute approximate surface area is 97.1 Å². The van der Waals surface area contributed by atoms with Gasteiger partial charge < -0.3 is 0 Å². The van der Waals surface area contributed by atoms with Crippen molar-refractivity contribution in [2.24, 2.45) is 0 Å². The third kappa shape index (κ3) is 1.46. The van der Waals surface area contributed by atoms with Gasteiger partial charge in [-0.3, -0.25) is 10.1 Å². The molecular weight excluding hydrogens is 222 g/mol. The standard InChI is InChI=1S/C12H8ClN3/c13-8-1-2-9-10(11-4-6-15-16-11)3-5-14-12(9)7-8/h1-7H,(H,15,16). The summed E-state index contributed by atoms with van der Waals surface area (Å²) < 4.78 is 0. The highest BCUT2D eigenvalue weighted by Crippen LogP contribution is 2.27. The maximum atomic E-state index is 5.94. The van der Waals surface area contributed by atoms with E-state index >= 15 is 0 Å². The molecule has 0 radical (unpaired) electrons. The van der Waals surface area contributed by atoms with Gasteiger partial charge in [0.2, 0.25) is 0 Å². The highest BCUT2D eigenvalue weighted by molar-refractivity contribution is 6.31. The average Bonchev–Trinajstić information content (AvgIpc) is 2.81. The number of halogens is 1. The lowest BCUT2D eigenvalue weighted by atomic mass is 10.1. The number of benzene rings is 1. The Kier molecular flexibility index (Phi) is 2.11. The Bertz CT molecular complexity index is 632. The van der Waals surface area contributed by atoms with Crippen LogP contribution in [0.1, 0.15) is 0 Å². The fourth-order valence-corrected chi connectivity index (χ4v) is 1.93. The molecule has 16 heavy (non-hydrogen) atoms. The molecule has 4 heteroatoms. The van der Waals surface area contributed by atoms with Crippen LogP contribution >= 0.6 is 11.6 Å². The van der Waals surface area contributed by atoms with Gasteiger partial charge in [0, 0.05) is 28.4 Å². The van der Waals surface area contributed by atoms with Gasteiger partial charge in [-0.05, 0) is 24.3 Å². The molecule has 3 aromatic rings. The number of aromatic nitrogens is 3. The molecule has 0 unspecified atom stereocenters. The second-order valence-electron chi connectivity index (χ2n) is 3.49. The minimum Gasteiger partial charge on any atom is -0.278 e. The number of aromatic amines is 1. The van der Waals surface area contributed by atoms with E-state index in [1.807, 2.05) is 30.3 Å². The van der Waals surface area contributed by atoms with Crippen molar-refractivity contribution in [3.8, 4) is 11.3 Å². The van der Waals surface area contributed by atoms with Crippen molar-refractivity contribution < 1.29 is 0 Å². The fraction of sp³-hybridized carbons (Fsp3) is 0. The fourth-order valence-electron chi connectivity index (χ4n) is 1.76. The van der Waals surface area contributed by atoms with Crippen LogP contribution in [0.5, 0.6) is 0 Å². The summed E-state index contributed by atoms with van der Waals surface area (Å²) >= 11 is 5.94. The monoisotopic (exact) mass is 229 g/mol. The molecule has 0 spiro atoms. The topological polar surface area (TPSA) is 41.6 Å². The Morgan fingerprint density at radius 2 is 2.00 bits per heavy atom. The number of fused-ring (bicyclic) bond motifs is 1. The Balaban J connectivity index is 2.34. The highest BCUT2D eigenvalue weighted by Gasteiger charge is 2.05. The van der Waals surface area contributed by atoms with E-state index in [1.165, 1.54) is 0 Å². The zero-order valence-electron chi connectivity index (χ0n) is 8.31. The second kappa shape index (κ2) is 3.61. The molecule has 0 atom stereocenters. The van der Waals surface area contributed by atoms with Crippen molar-refractivity contribution in [3.63, 3.8) is 0 Å². The third-order valence-electron chi connectivity index (χ3n) is 2.50. The molecule has 0 aliphatic heterocycles. The van der Waals surface area contributed by atoms with Crippen molar-refractivity contribution in [2.45, 2.75) is 0 Å². The van der Waals surface area contributed by atoms with E-state index in [0.717, 1.165) is 22.2 Å². The minimum atomic E-state index is 0.696.